The molecule has 38 heavy (non-hydrogen) atoms. The highest BCUT2D eigenvalue weighted by molar-refractivity contribution is 6.04. The van der Waals surface area contributed by atoms with Crippen molar-refractivity contribution >= 4 is 28.6 Å². The number of benzene rings is 1. The predicted molar refractivity (Wildman–Crippen MR) is 143 cm³/mol. The first-order chi connectivity index (χ1) is 18.6. The number of carbonyl (C=O) groups is 1. The Bertz CT molecular complexity index is 1440. The quantitative estimate of drug-likeness (QED) is 0.415. The maximum Gasteiger partial charge on any atom is 0.258 e. The topological polar surface area (TPSA) is 111 Å². The summed E-state index contributed by atoms with van der Waals surface area (Å²) < 4.78 is 12.8. The van der Waals surface area contributed by atoms with Gasteiger partial charge in [0.15, 0.2) is 0 Å². The second-order valence-corrected chi connectivity index (χ2v) is 9.44. The lowest BCUT2D eigenvalue weighted by molar-refractivity contribution is 0.0332. The van der Waals surface area contributed by atoms with Gasteiger partial charge in [0.25, 0.3) is 5.91 Å². The molecule has 1 N–H and O–H groups in total. The van der Waals surface area contributed by atoms with Crippen LogP contribution in [0.25, 0.3) is 22.0 Å². The van der Waals surface area contributed by atoms with Crippen LogP contribution in [-0.2, 0) is 23.1 Å². The van der Waals surface area contributed by atoms with E-state index in [1.165, 1.54) is 0 Å². The van der Waals surface area contributed by atoms with Gasteiger partial charge in [-0.1, -0.05) is 12.1 Å². The number of anilines is 2. The summed E-state index contributed by atoms with van der Waals surface area (Å²) in [5.41, 5.74) is 4.48. The molecular weight excluding hydrogens is 484 g/mol. The fraction of sp³-hybridized carbons (Fsp3) is 0.370. The lowest BCUT2D eigenvalue weighted by Crippen LogP contribution is -2.36. The van der Waals surface area contributed by atoms with Gasteiger partial charge in [-0.2, -0.15) is 5.10 Å². The van der Waals surface area contributed by atoms with Gasteiger partial charge in [0.2, 0.25) is 5.95 Å². The Labute approximate surface area is 220 Å². The third kappa shape index (κ3) is 5.21. The smallest absolute Gasteiger partial charge is 0.258 e. The number of hydrogen-bond donors (Lipinski definition) is 1. The largest absolute Gasteiger partial charge is 0.379 e. The van der Waals surface area contributed by atoms with E-state index in [0.29, 0.717) is 18.8 Å². The first-order valence-corrected chi connectivity index (χ1v) is 12.8. The first-order valence-electron chi connectivity index (χ1n) is 12.8. The molecule has 0 atom stereocenters. The number of nitrogens with one attached hydrogen (secondary N) is 1. The normalized spacial score (nSPS) is 16.6. The van der Waals surface area contributed by atoms with E-state index < -0.39 is 0 Å². The summed E-state index contributed by atoms with van der Waals surface area (Å²) in [5, 5.41) is 8.26. The number of amides is 1. The molecule has 0 unspecified atom stereocenters. The van der Waals surface area contributed by atoms with Gasteiger partial charge in [-0.05, 0) is 23.8 Å². The summed E-state index contributed by atoms with van der Waals surface area (Å²) in [6, 6.07) is 9.57. The Balaban J connectivity index is 1.22. The lowest BCUT2D eigenvalue weighted by atomic mass is 10.0. The van der Waals surface area contributed by atoms with E-state index in [2.05, 4.69) is 41.2 Å². The van der Waals surface area contributed by atoms with E-state index in [1.807, 2.05) is 30.1 Å². The highest BCUT2D eigenvalue weighted by atomic mass is 16.5. The summed E-state index contributed by atoms with van der Waals surface area (Å²) in [5.74, 6) is 0.732. The molecule has 2 aliphatic rings. The molecule has 5 heterocycles. The molecule has 6 rings (SSSR count). The first kappa shape index (κ1) is 24.4. The van der Waals surface area contributed by atoms with Crippen LogP contribution in [0.1, 0.15) is 16.1 Å². The zero-order chi connectivity index (χ0) is 25.9. The molecule has 2 fully saturated rings. The van der Waals surface area contributed by atoms with Gasteiger partial charge in [-0.3, -0.25) is 19.7 Å². The number of aryl methyl sites for hydroxylation is 1. The molecule has 0 saturated carbocycles. The SMILES string of the molecule is Cn1ncc(-c2ccc3cnc(NC(=O)c4ccnc(N5CCOCC5)c4)nc3c2)c1CN1CCOCC1. The maximum atomic E-state index is 13.0. The molecule has 3 aromatic heterocycles. The number of fused-ring (bicyclic) bond motifs is 1. The Morgan fingerprint density at radius 1 is 0.974 bits per heavy atom. The van der Waals surface area contributed by atoms with Crippen molar-refractivity contribution < 1.29 is 14.3 Å². The van der Waals surface area contributed by atoms with Crippen molar-refractivity contribution in [3.05, 3.63) is 60.2 Å². The average molecular weight is 515 g/mol. The molecule has 11 heteroatoms. The number of rotatable bonds is 6. The van der Waals surface area contributed by atoms with Crippen molar-refractivity contribution in [1.29, 1.82) is 0 Å². The van der Waals surface area contributed by atoms with E-state index in [4.69, 9.17) is 9.47 Å². The third-order valence-electron chi connectivity index (χ3n) is 7.00. The molecule has 0 spiro atoms. The zero-order valence-corrected chi connectivity index (χ0v) is 21.3. The van der Waals surface area contributed by atoms with Gasteiger partial charge >= 0.3 is 0 Å². The Morgan fingerprint density at radius 3 is 2.58 bits per heavy atom. The Morgan fingerprint density at radius 2 is 1.76 bits per heavy atom. The number of carbonyl (C=O) groups excluding carboxylic acids is 1. The van der Waals surface area contributed by atoms with Crippen LogP contribution in [0, 0.1) is 0 Å². The van der Waals surface area contributed by atoms with E-state index in [0.717, 1.165) is 79.5 Å². The molecule has 0 bridgehead atoms. The summed E-state index contributed by atoms with van der Waals surface area (Å²) >= 11 is 0. The van der Waals surface area contributed by atoms with Gasteiger partial charge < -0.3 is 14.4 Å². The highest BCUT2D eigenvalue weighted by Crippen LogP contribution is 2.28. The molecule has 0 radical (unpaired) electrons. The second kappa shape index (κ2) is 10.8. The maximum absolute atomic E-state index is 13.0. The van der Waals surface area contributed by atoms with E-state index in [-0.39, 0.29) is 11.9 Å². The molecule has 1 aromatic carbocycles. The number of pyridine rings is 1. The van der Waals surface area contributed by atoms with Crippen LogP contribution in [0.15, 0.2) is 48.9 Å². The van der Waals surface area contributed by atoms with Crippen LogP contribution in [0.2, 0.25) is 0 Å². The third-order valence-corrected chi connectivity index (χ3v) is 7.00. The monoisotopic (exact) mass is 514 g/mol. The Kier molecular flexibility index (Phi) is 6.95. The molecular formula is C27H30N8O3. The molecule has 2 aliphatic heterocycles. The van der Waals surface area contributed by atoms with Crippen LogP contribution in [0.4, 0.5) is 11.8 Å². The van der Waals surface area contributed by atoms with Crippen LogP contribution in [0.5, 0.6) is 0 Å². The second-order valence-electron chi connectivity index (χ2n) is 9.44. The summed E-state index contributed by atoms with van der Waals surface area (Å²) in [7, 11) is 1.97. The van der Waals surface area contributed by atoms with Gasteiger partial charge in [0, 0.05) is 68.7 Å². The standard InChI is InChI=1S/C27H30N8O3/c1-33-24(18-34-6-10-37-11-7-34)22(17-30-33)19-2-3-21-16-29-27(31-23(21)14-19)32-26(36)20-4-5-28-25(15-20)35-8-12-38-13-9-35/h2-5,14-17H,6-13,18H2,1H3,(H,29,31,32,36). The molecule has 2 saturated heterocycles. The minimum Gasteiger partial charge on any atom is -0.379 e. The Hall–Kier alpha value is -3.93. The van der Waals surface area contributed by atoms with Gasteiger partial charge in [0.1, 0.15) is 5.82 Å². The number of ether oxygens (including phenoxy) is 2. The van der Waals surface area contributed by atoms with Crippen molar-refractivity contribution in [2.45, 2.75) is 6.54 Å². The summed E-state index contributed by atoms with van der Waals surface area (Å²) in [4.78, 5) is 31.0. The highest BCUT2D eigenvalue weighted by Gasteiger charge is 2.18. The van der Waals surface area contributed by atoms with E-state index >= 15 is 0 Å². The van der Waals surface area contributed by atoms with Gasteiger partial charge in [-0.15, -0.1) is 0 Å². The lowest BCUT2D eigenvalue weighted by Gasteiger charge is -2.27. The van der Waals surface area contributed by atoms with E-state index in [9.17, 15) is 4.79 Å². The van der Waals surface area contributed by atoms with Gasteiger partial charge in [-0.25, -0.2) is 15.0 Å². The van der Waals surface area contributed by atoms with E-state index in [1.54, 1.807) is 24.5 Å². The number of nitrogens with zero attached hydrogens (tertiary/aromatic N) is 7. The molecule has 1 amide bonds. The van der Waals surface area contributed by atoms with Crippen molar-refractivity contribution in [3.63, 3.8) is 0 Å². The molecule has 4 aromatic rings. The van der Waals surface area contributed by atoms with Crippen molar-refractivity contribution in [3.8, 4) is 11.1 Å². The number of hydrogen-bond acceptors (Lipinski definition) is 9. The summed E-state index contributed by atoms with van der Waals surface area (Å²) in [6.07, 6.45) is 5.28. The molecule has 0 aliphatic carbocycles. The van der Waals surface area contributed by atoms with Crippen LogP contribution < -0.4 is 10.2 Å². The molecule has 11 nitrogen and oxygen atoms in total. The fourth-order valence-corrected chi connectivity index (χ4v) is 4.81. The number of morpholine rings is 2. The van der Waals surface area contributed by atoms with Crippen molar-refractivity contribution in [1.82, 2.24) is 29.6 Å². The predicted octanol–water partition coefficient (Wildman–Crippen LogP) is 2.35. The average Bonchev–Trinajstić information content (AvgIpc) is 3.33. The fourth-order valence-electron chi connectivity index (χ4n) is 4.81. The zero-order valence-electron chi connectivity index (χ0n) is 21.3. The van der Waals surface area contributed by atoms with Crippen molar-refractivity contribution in [2.75, 3.05) is 62.8 Å². The van der Waals surface area contributed by atoms with Gasteiger partial charge in [0.05, 0.1) is 43.8 Å². The number of aromatic nitrogens is 5. The molecule has 196 valence electrons. The van der Waals surface area contributed by atoms with Crippen molar-refractivity contribution in [2.24, 2.45) is 7.05 Å². The van der Waals surface area contributed by atoms with Crippen LogP contribution in [0.3, 0.4) is 0 Å². The van der Waals surface area contributed by atoms with Crippen LogP contribution >= 0.6 is 0 Å². The van der Waals surface area contributed by atoms with Crippen LogP contribution in [-0.4, -0.2) is 88.1 Å². The minimum atomic E-state index is -0.280. The summed E-state index contributed by atoms with van der Waals surface area (Å²) in [6.45, 7) is 6.92. The minimum absolute atomic E-state index is 0.254.